The number of fused-ring (bicyclic) bond motifs is 1. The van der Waals surface area contributed by atoms with Gasteiger partial charge in [0, 0.05) is 19.0 Å². The molecular formula is C31H39FN2O5S. The summed E-state index contributed by atoms with van der Waals surface area (Å²) in [5.74, 6) is -1.70. The van der Waals surface area contributed by atoms with E-state index in [4.69, 9.17) is 4.74 Å². The molecule has 1 heterocycles. The van der Waals surface area contributed by atoms with Gasteiger partial charge in [0.25, 0.3) is 0 Å². The number of ether oxygens (including phenoxy) is 1. The van der Waals surface area contributed by atoms with Crippen molar-refractivity contribution in [2.45, 2.75) is 57.1 Å². The van der Waals surface area contributed by atoms with Crippen molar-refractivity contribution in [2.24, 2.45) is 11.8 Å². The monoisotopic (exact) mass is 570 g/mol. The largest absolute Gasteiger partial charge is 0.488 e. The summed E-state index contributed by atoms with van der Waals surface area (Å²) in [5.41, 5.74) is 3.06. The van der Waals surface area contributed by atoms with Crippen LogP contribution in [0.3, 0.4) is 0 Å². The first-order valence-corrected chi connectivity index (χ1v) is 15.1. The molecule has 1 aliphatic carbocycles. The maximum atomic E-state index is 14.8. The number of aliphatic carboxylic acids is 1. The lowest BCUT2D eigenvalue weighted by Crippen LogP contribution is -2.36. The number of halogens is 1. The first kappa shape index (κ1) is 30.0. The predicted octanol–water partition coefficient (Wildman–Crippen LogP) is 5.52. The van der Waals surface area contributed by atoms with Crippen molar-refractivity contribution >= 4 is 16.0 Å². The highest BCUT2D eigenvalue weighted by atomic mass is 32.2. The van der Waals surface area contributed by atoms with Crippen molar-refractivity contribution in [3.05, 3.63) is 82.7 Å². The summed E-state index contributed by atoms with van der Waals surface area (Å²) >= 11 is 0. The first-order chi connectivity index (χ1) is 18.9. The summed E-state index contributed by atoms with van der Waals surface area (Å²) in [6.45, 7) is 6.55. The highest BCUT2D eigenvalue weighted by molar-refractivity contribution is 7.89. The minimum Gasteiger partial charge on any atom is -0.488 e. The molecule has 2 aromatic carbocycles. The number of hydrogen-bond donors (Lipinski definition) is 1. The summed E-state index contributed by atoms with van der Waals surface area (Å²) in [6, 6.07) is 12.5. The average Bonchev–Trinajstić information content (AvgIpc) is 2.99. The summed E-state index contributed by atoms with van der Waals surface area (Å²) < 4.78 is 49.7. The molecule has 216 valence electrons. The van der Waals surface area contributed by atoms with E-state index in [2.05, 4.69) is 0 Å². The Balaban J connectivity index is 1.72. The Hall–Kier alpha value is -3.01. The predicted molar refractivity (Wildman–Crippen MR) is 153 cm³/mol. The van der Waals surface area contributed by atoms with E-state index in [1.807, 2.05) is 64.0 Å². The molecule has 1 N–H and O–H groups in total. The van der Waals surface area contributed by atoms with Gasteiger partial charge in [0.1, 0.15) is 22.6 Å². The number of carbonyl (C=O) groups is 1. The third kappa shape index (κ3) is 6.48. The number of nitrogens with zero attached hydrogens (tertiary/aromatic N) is 2. The number of carboxylic acids is 1. The number of aryl methyl sites for hydroxylation is 1. The van der Waals surface area contributed by atoms with E-state index in [0.29, 0.717) is 24.3 Å². The van der Waals surface area contributed by atoms with Gasteiger partial charge in [0.05, 0.1) is 13.0 Å². The van der Waals surface area contributed by atoms with Gasteiger partial charge in [-0.15, -0.1) is 0 Å². The van der Waals surface area contributed by atoms with Gasteiger partial charge in [0.15, 0.2) is 0 Å². The van der Waals surface area contributed by atoms with E-state index >= 15 is 0 Å². The second-order valence-corrected chi connectivity index (χ2v) is 13.1. The number of benzene rings is 2. The summed E-state index contributed by atoms with van der Waals surface area (Å²) in [6.07, 6.45) is 3.68. The van der Waals surface area contributed by atoms with Crippen molar-refractivity contribution in [3.8, 4) is 5.75 Å². The zero-order valence-corrected chi connectivity index (χ0v) is 24.6. The standard InChI is InChI=1S/C31H39FN2O5S/c1-6-25-19-34(40(37,38)30-10-8-7-9-29(30)39-25)18-23-14-22(12-11-20(23)2)27(16-31(35)36)26-15-24(17-33(4)5)28(32)13-21(26)3/h7-15,21,25-27H,6,16-19H2,1-5H3,(H,35,36)/t21?,25-,26?,27?/m1/s1. The minimum absolute atomic E-state index is 0.125. The van der Waals surface area contributed by atoms with Crippen molar-refractivity contribution < 1.29 is 27.4 Å². The maximum Gasteiger partial charge on any atom is 0.303 e. The Morgan fingerprint density at radius 1 is 1.20 bits per heavy atom. The number of rotatable bonds is 9. The van der Waals surface area contributed by atoms with Crippen LogP contribution < -0.4 is 4.74 Å². The second-order valence-electron chi connectivity index (χ2n) is 11.2. The SMILES string of the molecule is CC[C@@H]1CN(Cc2cc(C(CC(=O)O)C3C=C(CN(C)C)C(F)=CC3C)ccc2C)S(=O)(=O)c2ccccc2O1. The number of allylic oxidation sites excluding steroid dienone is 2. The molecular weight excluding hydrogens is 531 g/mol. The molecule has 0 aromatic heterocycles. The molecule has 4 rings (SSSR count). The molecule has 1 aliphatic heterocycles. The van der Waals surface area contributed by atoms with Crippen LogP contribution in [0, 0.1) is 18.8 Å². The number of hydrogen-bond acceptors (Lipinski definition) is 5. The van der Waals surface area contributed by atoms with Gasteiger partial charge in [0.2, 0.25) is 10.0 Å². The molecule has 4 atom stereocenters. The zero-order chi connectivity index (χ0) is 29.2. The molecule has 0 amide bonds. The van der Waals surface area contributed by atoms with Crippen LogP contribution in [-0.2, 0) is 21.4 Å². The van der Waals surface area contributed by atoms with Crippen LogP contribution in [0.4, 0.5) is 4.39 Å². The lowest BCUT2D eigenvalue weighted by molar-refractivity contribution is -0.137. The molecule has 2 aromatic rings. The highest BCUT2D eigenvalue weighted by Gasteiger charge is 2.35. The van der Waals surface area contributed by atoms with Gasteiger partial charge in [-0.05, 0) is 79.7 Å². The van der Waals surface area contributed by atoms with Crippen LogP contribution in [-0.4, -0.2) is 62.0 Å². The molecule has 0 bridgehead atoms. The van der Waals surface area contributed by atoms with Crippen molar-refractivity contribution in [3.63, 3.8) is 0 Å². The van der Waals surface area contributed by atoms with E-state index in [1.54, 1.807) is 30.3 Å². The van der Waals surface area contributed by atoms with Crippen LogP contribution >= 0.6 is 0 Å². The van der Waals surface area contributed by atoms with E-state index in [1.165, 1.54) is 4.31 Å². The Labute approximate surface area is 237 Å². The molecule has 0 radical (unpaired) electrons. The van der Waals surface area contributed by atoms with Gasteiger partial charge in [-0.3, -0.25) is 4.79 Å². The fraction of sp³-hybridized carbons (Fsp3) is 0.452. The van der Waals surface area contributed by atoms with Crippen LogP contribution in [0.5, 0.6) is 5.75 Å². The normalized spacial score (nSPS) is 23.4. The number of sulfonamides is 1. The van der Waals surface area contributed by atoms with Gasteiger partial charge in [-0.1, -0.05) is 50.3 Å². The zero-order valence-electron chi connectivity index (χ0n) is 23.8. The molecule has 40 heavy (non-hydrogen) atoms. The van der Waals surface area contributed by atoms with E-state index in [-0.39, 0.29) is 48.2 Å². The van der Waals surface area contributed by atoms with Crippen LogP contribution in [0.1, 0.15) is 49.3 Å². The van der Waals surface area contributed by atoms with Crippen LogP contribution in [0.15, 0.2) is 70.9 Å². The third-order valence-electron chi connectivity index (χ3n) is 7.83. The summed E-state index contributed by atoms with van der Waals surface area (Å²) in [4.78, 5) is 14.0. The van der Waals surface area contributed by atoms with Crippen molar-refractivity contribution in [1.29, 1.82) is 0 Å². The third-order valence-corrected chi connectivity index (χ3v) is 9.68. The molecule has 2 aliphatic rings. The lowest BCUT2D eigenvalue weighted by Gasteiger charge is -2.32. The Morgan fingerprint density at radius 3 is 2.60 bits per heavy atom. The molecule has 9 heteroatoms. The molecule has 3 unspecified atom stereocenters. The minimum atomic E-state index is -3.83. The van der Waals surface area contributed by atoms with Crippen LogP contribution in [0.2, 0.25) is 0 Å². The Kier molecular flexibility index (Phi) is 9.17. The lowest BCUT2D eigenvalue weighted by atomic mass is 9.73. The molecule has 0 saturated heterocycles. The van der Waals surface area contributed by atoms with E-state index in [9.17, 15) is 22.7 Å². The molecule has 0 spiro atoms. The van der Waals surface area contributed by atoms with Gasteiger partial charge in [-0.2, -0.15) is 4.31 Å². The first-order valence-electron chi connectivity index (χ1n) is 13.7. The quantitative estimate of drug-likeness (QED) is 0.427. The smallest absolute Gasteiger partial charge is 0.303 e. The Morgan fingerprint density at radius 2 is 1.93 bits per heavy atom. The van der Waals surface area contributed by atoms with Gasteiger partial charge in [-0.25, -0.2) is 12.8 Å². The maximum absolute atomic E-state index is 14.8. The fourth-order valence-electron chi connectivity index (χ4n) is 5.61. The van der Waals surface area contributed by atoms with Crippen LogP contribution in [0.25, 0.3) is 0 Å². The second kappa shape index (κ2) is 12.2. The number of likely N-dealkylation sites (N-methyl/N-ethyl adjacent to an activating group) is 1. The molecule has 7 nitrogen and oxygen atoms in total. The fourth-order valence-corrected chi connectivity index (χ4v) is 7.19. The van der Waals surface area contributed by atoms with E-state index < -0.39 is 21.9 Å². The van der Waals surface area contributed by atoms with Gasteiger partial charge < -0.3 is 14.7 Å². The summed E-state index contributed by atoms with van der Waals surface area (Å²) in [5, 5.41) is 9.84. The summed E-state index contributed by atoms with van der Waals surface area (Å²) in [7, 11) is -0.0997. The highest BCUT2D eigenvalue weighted by Crippen LogP contribution is 2.41. The van der Waals surface area contributed by atoms with Gasteiger partial charge >= 0.3 is 5.97 Å². The van der Waals surface area contributed by atoms with Crippen molar-refractivity contribution in [2.75, 3.05) is 27.2 Å². The topological polar surface area (TPSA) is 87.2 Å². The number of carboxylic acid groups (broad SMARTS) is 1. The molecule has 0 saturated carbocycles. The average molecular weight is 571 g/mol. The van der Waals surface area contributed by atoms with E-state index in [0.717, 1.165) is 16.7 Å². The van der Waals surface area contributed by atoms with Crippen molar-refractivity contribution in [1.82, 2.24) is 9.21 Å². The Bertz CT molecular complexity index is 1420. The number of para-hydroxylation sites is 1. The molecule has 0 fully saturated rings.